The molecule has 4 nitrogen and oxygen atoms in total. The topological polar surface area (TPSA) is 44.2 Å². The van der Waals surface area contributed by atoms with Gasteiger partial charge in [-0.1, -0.05) is 55.8 Å². The minimum Gasteiger partial charge on any atom is -0.497 e. The molecule has 0 N–H and O–H groups in total. The molecule has 0 aliphatic heterocycles. The SMILES string of the molecule is CC.COc1ccc(-c2cc3nc(OCc4ccccc4)ccc3c(Cl)n2)cc1. The van der Waals surface area contributed by atoms with Crippen LogP contribution in [-0.2, 0) is 6.61 Å². The second kappa shape index (κ2) is 9.89. The number of pyridine rings is 2. The molecule has 0 saturated heterocycles. The maximum Gasteiger partial charge on any atom is 0.214 e. The summed E-state index contributed by atoms with van der Waals surface area (Å²) in [6, 6.07) is 23.3. The van der Waals surface area contributed by atoms with Crippen molar-refractivity contribution in [3.63, 3.8) is 0 Å². The van der Waals surface area contributed by atoms with Gasteiger partial charge in [-0.3, -0.25) is 0 Å². The lowest BCUT2D eigenvalue weighted by atomic mass is 10.1. The van der Waals surface area contributed by atoms with Crippen LogP contribution < -0.4 is 9.47 Å². The Balaban J connectivity index is 0.00000117. The molecule has 148 valence electrons. The van der Waals surface area contributed by atoms with E-state index in [1.54, 1.807) is 7.11 Å². The van der Waals surface area contributed by atoms with E-state index in [-0.39, 0.29) is 0 Å². The molecule has 0 amide bonds. The summed E-state index contributed by atoms with van der Waals surface area (Å²) in [5.74, 6) is 1.34. The Labute approximate surface area is 176 Å². The molecule has 4 aromatic rings. The Morgan fingerprint density at radius 2 is 1.59 bits per heavy atom. The minimum absolute atomic E-state index is 0.417. The van der Waals surface area contributed by atoms with Gasteiger partial charge in [0.05, 0.1) is 18.3 Å². The molecule has 4 rings (SSSR count). The van der Waals surface area contributed by atoms with E-state index in [1.165, 1.54) is 0 Å². The lowest BCUT2D eigenvalue weighted by molar-refractivity contribution is 0.295. The van der Waals surface area contributed by atoms with Crippen LogP contribution in [0.4, 0.5) is 0 Å². The number of aromatic nitrogens is 2. The van der Waals surface area contributed by atoms with Crippen molar-refractivity contribution in [3.8, 4) is 22.9 Å². The van der Waals surface area contributed by atoms with Crippen LogP contribution in [0.25, 0.3) is 22.2 Å². The van der Waals surface area contributed by atoms with E-state index in [2.05, 4.69) is 9.97 Å². The van der Waals surface area contributed by atoms with Crippen molar-refractivity contribution in [2.75, 3.05) is 7.11 Å². The van der Waals surface area contributed by atoms with E-state index in [1.807, 2.05) is 86.6 Å². The molecule has 2 heterocycles. The van der Waals surface area contributed by atoms with Gasteiger partial charge in [-0.05, 0) is 42.0 Å². The first-order valence-corrected chi connectivity index (χ1v) is 9.89. The second-order valence-electron chi connectivity index (χ2n) is 6.02. The zero-order chi connectivity index (χ0) is 20.6. The van der Waals surface area contributed by atoms with E-state index >= 15 is 0 Å². The summed E-state index contributed by atoms with van der Waals surface area (Å²) in [4.78, 5) is 9.09. The van der Waals surface area contributed by atoms with E-state index in [9.17, 15) is 0 Å². The summed E-state index contributed by atoms with van der Waals surface area (Å²) in [7, 11) is 1.64. The predicted octanol–water partition coefficient (Wildman–Crippen LogP) is 6.56. The highest BCUT2D eigenvalue weighted by Crippen LogP contribution is 2.29. The van der Waals surface area contributed by atoms with Gasteiger partial charge in [0.15, 0.2) is 0 Å². The van der Waals surface area contributed by atoms with Crippen LogP contribution in [0.5, 0.6) is 11.6 Å². The van der Waals surface area contributed by atoms with Crippen LogP contribution in [0, 0.1) is 0 Å². The van der Waals surface area contributed by atoms with Crippen molar-refractivity contribution in [1.29, 1.82) is 0 Å². The van der Waals surface area contributed by atoms with Crippen LogP contribution in [-0.4, -0.2) is 17.1 Å². The summed E-state index contributed by atoms with van der Waals surface area (Å²) in [6.07, 6.45) is 0. The number of fused-ring (bicyclic) bond motifs is 1. The maximum absolute atomic E-state index is 6.38. The predicted molar refractivity (Wildman–Crippen MR) is 119 cm³/mol. The van der Waals surface area contributed by atoms with E-state index < -0.39 is 0 Å². The number of methoxy groups -OCH3 is 1. The van der Waals surface area contributed by atoms with Gasteiger partial charge in [0.25, 0.3) is 0 Å². The lowest BCUT2D eigenvalue weighted by Gasteiger charge is -2.09. The molecule has 2 aromatic carbocycles. The fourth-order valence-electron chi connectivity index (χ4n) is 2.79. The third-order valence-corrected chi connectivity index (χ3v) is 4.52. The molecule has 0 saturated carbocycles. The summed E-state index contributed by atoms with van der Waals surface area (Å²) in [6.45, 7) is 4.46. The molecule has 29 heavy (non-hydrogen) atoms. The third-order valence-electron chi connectivity index (χ3n) is 4.23. The van der Waals surface area contributed by atoms with Crippen LogP contribution in [0.1, 0.15) is 19.4 Å². The molecule has 0 aliphatic carbocycles. The van der Waals surface area contributed by atoms with Crippen LogP contribution in [0.2, 0.25) is 5.15 Å². The van der Waals surface area contributed by atoms with E-state index in [0.29, 0.717) is 17.6 Å². The molecule has 0 aliphatic rings. The molecule has 0 atom stereocenters. The van der Waals surface area contributed by atoms with Crippen molar-refractivity contribution < 1.29 is 9.47 Å². The molecule has 0 fully saturated rings. The standard InChI is InChI=1S/C22H17ClN2O2.C2H6/c1-26-17-9-7-16(8-10-17)19-13-20-18(22(23)25-19)11-12-21(24-20)27-14-15-5-3-2-4-6-15;1-2/h2-13H,14H2,1H3;1-2H3. The highest BCUT2D eigenvalue weighted by atomic mass is 35.5. The van der Waals surface area contributed by atoms with Gasteiger partial charge < -0.3 is 9.47 Å². The average Bonchev–Trinajstić information content (AvgIpc) is 2.79. The van der Waals surface area contributed by atoms with E-state index in [0.717, 1.165) is 33.5 Å². The van der Waals surface area contributed by atoms with E-state index in [4.69, 9.17) is 21.1 Å². The molecule has 0 bridgehead atoms. The fraction of sp³-hybridized carbons (Fsp3) is 0.167. The van der Waals surface area contributed by atoms with Gasteiger partial charge >= 0.3 is 0 Å². The van der Waals surface area contributed by atoms with Crippen molar-refractivity contribution in [2.45, 2.75) is 20.5 Å². The molecule has 0 radical (unpaired) electrons. The van der Waals surface area contributed by atoms with Crippen molar-refractivity contribution >= 4 is 22.5 Å². The Morgan fingerprint density at radius 1 is 0.862 bits per heavy atom. The Kier molecular flexibility index (Phi) is 7.04. The third kappa shape index (κ3) is 5.04. The first kappa shape index (κ1) is 20.6. The van der Waals surface area contributed by atoms with Crippen LogP contribution >= 0.6 is 11.6 Å². The monoisotopic (exact) mass is 406 g/mol. The van der Waals surface area contributed by atoms with Gasteiger partial charge in [-0.25, -0.2) is 9.97 Å². The fourth-order valence-corrected chi connectivity index (χ4v) is 3.04. The number of nitrogens with zero attached hydrogens (tertiary/aromatic N) is 2. The van der Waals surface area contributed by atoms with Crippen molar-refractivity contribution in [2.24, 2.45) is 0 Å². The molecule has 0 unspecified atom stereocenters. The van der Waals surface area contributed by atoms with Crippen molar-refractivity contribution in [1.82, 2.24) is 9.97 Å². The zero-order valence-electron chi connectivity index (χ0n) is 16.7. The Hall–Kier alpha value is -3.11. The zero-order valence-corrected chi connectivity index (χ0v) is 17.5. The maximum atomic E-state index is 6.38. The normalized spacial score (nSPS) is 10.2. The summed E-state index contributed by atoms with van der Waals surface area (Å²) in [5, 5.41) is 1.21. The first-order chi connectivity index (χ1) is 14.2. The molecular formula is C24H23ClN2O2. The number of hydrogen-bond donors (Lipinski definition) is 0. The number of hydrogen-bond acceptors (Lipinski definition) is 4. The quantitative estimate of drug-likeness (QED) is 0.352. The number of ether oxygens (including phenoxy) is 2. The van der Waals surface area contributed by atoms with Crippen molar-refractivity contribution in [3.05, 3.63) is 83.5 Å². The second-order valence-corrected chi connectivity index (χ2v) is 6.38. The van der Waals surface area contributed by atoms with Crippen LogP contribution in [0.3, 0.4) is 0 Å². The smallest absolute Gasteiger partial charge is 0.214 e. The van der Waals surface area contributed by atoms with Gasteiger partial charge in [-0.2, -0.15) is 0 Å². The summed E-state index contributed by atoms with van der Waals surface area (Å²) >= 11 is 6.38. The lowest BCUT2D eigenvalue weighted by Crippen LogP contribution is -1.97. The van der Waals surface area contributed by atoms with Gasteiger partial charge in [0.2, 0.25) is 5.88 Å². The highest BCUT2D eigenvalue weighted by Gasteiger charge is 2.09. The largest absolute Gasteiger partial charge is 0.497 e. The average molecular weight is 407 g/mol. The number of benzene rings is 2. The minimum atomic E-state index is 0.417. The molecule has 5 heteroatoms. The highest BCUT2D eigenvalue weighted by molar-refractivity contribution is 6.34. The van der Waals surface area contributed by atoms with Gasteiger partial charge in [0.1, 0.15) is 17.5 Å². The van der Waals surface area contributed by atoms with Gasteiger partial charge in [0, 0.05) is 17.0 Å². The Morgan fingerprint density at radius 3 is 2.28 bits per heavy atom. The molecular weight excluding hydrogens is 384 g/mol. The van der Waals surface area contributed by atoms with Gasteiger partial charge in [-0.15, -0.1) is 0 Å². The Bertz CT molecular complexity index is 1070. The number of rotatable bonds is 5. The summed E-state index contributed by atoms with van der Waals surface area (Å²) in [5.41, 5.74) is 3.53. The molecule has 0 spiro atoms. The molecule has 2 aromatic heterocycles. The number of halogens is 1. The van der Waals surface area contributed by atoms with Crippen LogP contribution in [0.15, 0.2) is 72.8 Å². The first-order valence-electron chi connectivity index (χ1n) is 9.51. The summed E-state index contributed by atoms with van der Waals surface area (Å²) < 4.78 is 11.0.